The predicted molar refractivity (Wildman–Crippen MR) is 95.9 cm³/mol. The van der Waals surface area contributed by atoms with E-state index in [1.54, 1.807) is 43.2 Å². The van der Waals surface area contributed by atoms with Crippen LogP contribution in [-0.4, -0.2) is 55.5 Å². The van der Waals surface area contributed by atoms with Gasteiger partial charge in [0.15, 0.2) is 0 Å². The van der Waals surface area contributed by atoms with Crippen molar-refractivity contribution < 1.29 is 23.9 Å². The van der Waals surface area contributed by atoms with Crippen LogP contribution in [0.3, 0.4) is 0 Å². The number of piperidine rings is 1. The highest BCUT2D eigenvalue weighted by Crippen LogP contribution is 2.17. The normalized spacial score (nSPS) is 14.6. The number of likely N-dealkylation sites (tertiary alicyclic amines) is 1. The molecule has 0 aromatic heterocycles. The third kappa shape index (κ3) is 5.75. The molecular formula is C19H26N2O5. The van der Waals surface area contributed by atoms with Gasteiger partial charge in [0.2, 0.25) is 5.91 Å². The maximum absolute atomic E-state index is 12.5. The second kappa shape index (κ2) is 9.79. The lowest BCUT2D eigenvalue weighted by Crippen LogP contribution is -2.46. The SMILES string of the molecule is CCOC(=O)CCC(=O)NC1CCN(C(=O)c2ccc(OC)cc2)CC1. The first-order valence-electron chi connectivity index (χ1n) is 8.91. The van der Waals surface area contributed by atoms with E-state index in [1.165, 1.54) is 0 Å². The Hall–Kier alpha value is -2.57. The molecule has 1 aromatic carbocycles. The number of carbonyl (C=O) groups is 3. The molecule has 2 amide bonds. The zero-order valence-corrected chi connectivity index (χ0v) is 15.3. The molecule has 1 saturated heterocycles. The van der Waals surface area contributed by atoms with Crippen LogP contribution in [0.4, 0.5) is 0 Å². The Balaban J connectivity index is 1.74. The van der Waals surface area contributed by atoms with Gasteiger partial charge in [-0.2, -0.15) is 0 Å². The Kier molecular flexibility index (Phi) is 7.44. The quantitative estimate of drug-likeness (QED) is 0.747. The number of rotatable bonds is 7. The molecule has 0 bridgehead atoms. The van der Waals surface area contributed by atoms with Crippen LogP contribution >= 0.6 is 0 Å². The van der Waals surface area contributed by atoms with E-state index in [9.17, 15) is 14.4 Å². The van der Waals surface area contributed by atoms with E-state index < -0.39 is 0 Å². The predicted octanol–water partition coefficient (Wildman–Crippen LogP) is 1.76. The topological polar surface area (TPSA) is 84.9 Å². The van der Waals surface area contributed by atoms with Crippen LogP contribution < -0.4 is 10.1 Å². The van der Waals surface area contributed by atoms with E-state index in [0.717, 1.165) is 0 Å². The van der Waals surface area contributed by atoms with Gasteiger partial charge in [-0.3, -0.25) is 14.4 Å². The van der Waals surface area contributed by atoms with Crippen LogP contribution in [0.15, 0.2) is 24.3 Å². The molecule has 0 saturated carbocycles. The van der Waals surface area contributed by atoms with Gasteiger partial charge < -0.3 is 19.7 Å². The smallest absolute Gasteiger partial charge is 0.306 e. The molecule has 142 valence electrons. The maximum atomic E-state index is 12.5. The highest BCUT2D eigenvalue weighted by Gasteiger charge is 2.24. The van der Waals surface area contributed by atoms with Gasteiger partial charge in [0.25, 0.3) is 5.91 Å². The van der Waals surface area contributed by atoms with Gasteiger partial charge in [-0.05, 0) is 44.0 Å². The molecule has 0 radical (unpaired) electrons. The standard InChI is InChI=1S/C19H26N2O5/c1-3-26-18(23)9-8-17(22)20-15-10-12-21(13-11-15)19(24)14-4-6-16(25-2)7-5-14/h4-7,15H,3,8-13H2,1-2H3,(H,20,22). The maximum Gasteiger partial charge on any atom is 0.306 e. The summed E-state index contributed by atoms with van der Waals surface area (Å²) in [7, 11) is 1.59. The van der Waals surface area contributed by atoms with E-state index in [-0.39, 0.29) is 36.7 Å². The second-order valence-corrected chi connectivity index (χ2v) is 6.17. The fourth-order valence-corrected chi connectivity index (χ4v) is 2.89. The molecule has 1 aliphatic rings. The second-order valence-electron chi connectivity index (χ2n) is 6.17. The molecular weight excluding hydrogens is 336 g/mol. The van der Waals surface area contributed by atoms with Crippen LogP contribution in [0, 0.1) is 0 Å². The van der Waals surface area contributed by atoms with Gasteiger partial charge in [-0.25, -0.2) is 0 Å². The Labute approximate surface area is 153 Å². The van der Waals surface area contributed by atoms with E-state index in [0.29, 0.717) is 43.9 Å². The molecule has 1 N–H and O–H groups in total. The number of nitrogens with one attached hydrogen (secondary N) is 1. The number of benzene rings is 1. The van der Waals surface area contributed by atoms with Crippen LogP contribution in [0.5, 0.6) is 5.75 Å². The molecule has 26 heavy (non-hydrogen) atoms. The van der Waals surface area contributed by atoms with E-state index in [1.807, 2.05) is 0 Å². The molecule has 1 aliphatic heterocycles. The Morgan fingerprint density at radius 3 is 2.35 bits per heavy atom. The number of nitrogens with zero attached hydrogens (tertiary/aromatic N) is 1. The molecule has 0 atom stereocenters. The third-order valence-electron chi connectivity index (χ3n) is 4.35. The van der Waals surface area contributed by atoms with Crippen molar-refractivity contribution in [2.45, 2.75) is 38.6 Å². The van der Waals surface area contributed by atoms with Crippen molar-refractivity contribution in [1.29, 1.82) is 0 Å². The van der Waals surface area contributed by atoms with Crippen LogP contribution in [-0.2, 0) is 14.3 Å². The summed E-state index contributed by atoms with van der Waals surface area (Å²) in [6.45, 7) is 3.24. The molecule has 0 aliphatic carbocycles. The fourth-order valence-electron chi connectivity index (χ4n) is 2.89. The summed E-state index contributed by atoms with van der Waals surface area (Å²) < 4.78 is 9.91. The molecule has 7 nitrogen and oxygen atoms in total. The van der Waals surface area contributed by atoms with Gasteiger partial charge in [0.05, 0.1) is 20.1 Å². The van der Waals surface area contributed by atoms with Crippen LogP contribution in [0.1, 0.15) is 43.0 Å². The largest absolute Gasteiger partial charge is 0.497 e. The Morgan fingerprint density at radius 1 is 1.12 bits per heavy atom. The van der Waals surface area contributed by atoms with Crippen LogP contribution in [0.2, 0.25) is 0 Å². The minimum atomic E-state index is -0.359. The lowest BCUT2D eigenvalue weighted by atomic mass is 10.0. The van der Waals surface area contributed by atoms with E-state index >= 15 is 0 Å². The Morgan fingerprint density at radius 2 is 1.77 bits per heavy atom. The monoisotopic (exact) mass is 362 g/mol. The summed E-state index contributed by atoms with van der Waals surface area (Å²) in [5, 5.41) is 2.93. The van der Waals surface area contributed by atoms with Crippen molar-refractivity contribution in [3.05, 3.63) is 29.8 Å². The van der Waals surface area contributed by atoms with Gasteiger partial charge >= 0.3 is 5.97 Å². The fraction of sp³-hybridized carbons (Fsp3) is 0.526. The number of ether oxygens (including phenoxy) is 2. The lowest BCUT2D eigenvalue weighted by molar-refractivity contribution is -0.144. The first-order chi connectivity index (χ1) is 12.5. The summed E-state index contributed by atoms with van der Waals surface area (Å²) in [6.07, 6.45) is 1.62. The van der Waals surface area contributed by atoms with E-state index in [2.05, 4.69) is 5.32 Å². The molecule has 7 heteroatoms. The van der Waals surface area contributed by atoms with Crippen LogP contribution in [0.25, 0.3) is 0 Å². The molecule has 0 spiro atoms. The highest BCUT2D eigenvalue weighted by molar-refractivity contribution is 5.94. The van der Waals surface area contributed by atoms with E-state index in [4.69, 9.17) is 9.47 Å². The minimum Gasteiger partial charge on any atom is -0.497 e. The number of carbonyl (C=O) groups excluding carboxylic acids is 3. The molecule has 0 unspecified atom stereocenters. The van der Waals surface area contributed by atoms with Crippen molar-refractivity contribution >= 4 is 17.8 Å². The summed E-state index contributed by atoms with van der Waals surface area (Å²) in [5.74, 6) is 0.186. The highest BCUT2D eigenvalue weighted by atomic mass is 16.5. The average molecular weight is 362 g/mol. The van der Waals surface area contributed by atoms with Crippen molar-refractivity contribution in [3.63, 3.8) is 0 Å². The zero-order valence-electron chi connectivity index (χ0n) is 15.3. The Bertz CT molecular complexity index is 621. The van der Waals surface area contributed by atoms with Gasteiger partial charge in [0.1, 0.15) is 5.75 Å². The summed E-state index contributed by atoms with van der Waals surface area (Å²) in [6, 6.07) is 7.08. The summed E-state index contributed by atoms with van der Waals surface area (Å²) in [4.78, 5) is 37.5. The van der Waals surface area contributed by atoms with Crippen molar-refractivity contribution in [2.75, 3.05) is 26.8 Å². The van der Waals surface area contributed by atoms with Crippen molar-refractivity contribution in [2.24, 2.45) is 0 Å². The number of amides is 2. The first-order valence-corrected chi connectivity index (χ1v) is 8.91. The zero-order chi connectivity index (χ0) is 18.9. The van der Waals surface area contributed by atoms with Crippen molar-refractivity contribution in [3.8, 4) is 5.75 Å². The number of methoxy groups -OCH3 is 1. The first kappa shape index (κ1) is 19.8. The lowest BCUT2D eigenvalue weighted by Gasteiger charge is -2.32. The van der Waals surface area contributed by atoms with Gasteiger partial charge in [0, 0.05) is 31.1 Å². The molecule has 1 heterocycles. The van der Waals surface area contributed by atoms with Crippen molar-refractivity contribution in [1.82, 2.24) is 10.2 Å². The van der Waals surface area contributed by atoms with Gasteiger partial charge in [-0.1, -0.05) is 0 Å². The third-order valence-corrected chi connectivity index (χ3v) is 4.35. The summed E-state index contributed by atoms with van der Waals surface area (Å²) >= 11 is 0. The van der Waals surface area contributed by atoms with Gasteiger partial charge in [-0.15, -0.1) is 0 Å². The molecule has 1 fully saturated rings. The summed E-state index contributed by atoms with van der Waals surface area (Å²) in [5.41, 5.74) is 0.628. The number of hydrogen-bond acceptors (Lipinski definition) is 5. The number of esters is 1. The minimum absolute atomic E-state index is 0.0141. The molecule has 1 aromatic rings. The average Bonchev–Trinajstić information content (AvgIpc) is 2.67. The number of hydrogen-bond donors (Lipinski definition) is 1. The molecule has 2 rings (SSSR count).